The van der Waals surface area contributed by atoms with Gasteiger partial charge in [0.25, 0.3) is 5.91 Å². The molecule has 1 aromatic heterocycles. The van der Waals surface area contributed by atoms with Gasteiger partial charge in [0.1, 0.15) is 6.10 Å². The molecule has 1 aromatic carbocycles. The molecule has 8 heteroatoms. The summed E-state index contributed by atoms with van der Waals surface area (Å²) in [4.78, 5) is 24.1. The normalized spacial score (nSPS) is 21.5. The van der Waals surface area contributed by atoms with Gasteiger partial charge in [0.15, 0.2) is 0 Å². The molecule has 4 rings (SSSR count). The number of ether oxygens (including phenoxy) is 1. The molecule has 2 aromatic rings. The Hall–Kier alpha value is -2.87. The molecule has 8 nitrogen and oxygen atoms in total. The van der Waals surface area contributed by atoms with E-state index in [0.29, 0.717) is 11.3 Å². The molecule has 0 bridgehead atoms. The van der Waals surface area contributed by atoms with Gasteiger partial charge in [0.05, 0.1) is 29.5 Å². The van der Waals surface area contributed by atoms with Gasteiger partial charge in [-0.15, -0.1) is 0 Å². The van der Waals surface area contributed by atoms with E-state index in [0.717, 1.165) is 62.7 Å². The number of hydrogen-bond donors (Lipinski definition) is 3. The van der Waals surface area contributed by atoms with Crippen LogP contribution in [0.15, 0.2) is 18.2 Å². The van der Waals surface area contributed by atoms with Crippen molar-refractivity contribution in [2.75, 3.05) is 11.9 Å². The molecule has 0 saturated heterocycles. The molecule has 1 fully saturated rings. The molecule has 2 aliphatic carbocycles. The largest absolute Gasteiger partial charge is 0.459 e. The van der Waals surface area contributed by atoms with Gasteiger partial charge in [-0.3, -0.25) is 9.59 Å². The highest BCUT2D eigenvalue weighted by molar-refractivity contribution is 5.99. The molecular formula is C26H37N5O3. The predicted octanol–water partition coefficient (Wildman–Crippen LogP) is 3.27. The molecule has 5 N–H and O–H groups in total. The topological polar surface area (TPSA) is 125 Å². The van der Waals surface area contributed by atoms with Crippen molar-refractivity contribution in [3.8, 4) is 5.69 Å². The number of carbonyl (C=O) groups excluding carboxylic acids is 2. The second kappa shape index (κ2) is 9.78. The Labute approximate surface area is 201 Å². The molecular weight excluding hydrogens is 430 g/mol. The van der Waals surface area contributed by atoms with Gasteiger partial charge >= 0.3 is 5.97 Å². The fourth-order valence-corrected chi connectivity index (χ4v) is 5.33. The summed E-state index contributed by atoms with van der Waals surface area (Å²) in [6.07, 6.45) is 7.32. The van der Waals surface area contributed by atoms with Crippen LogP contribution in [0.4, 0.5) is 5.69 Å². The van der Waals surface area contributed by atoms with Crippen molar-refractivity contribution in [3.63, 3.8) is 0 Å². The maximum atomic E-state index is 12.2. The van der Waals surface area contributed by atoms with Gasteiger partial charge in [-0.2, -0.15) is 5.10 Å². The minimum absolute atomic E-state index is 0.116. The summed E-state index contributed by atoms with van der Waals surface area (Å²) in [7, 11) is 0. The van der Waals surface area contributed by atoms with E-state index in [4.69, 9.17) is 21.3 Å². The Kier molecular flexibility index (Phi) is 6.98. The third kappa shape index (κ3) is 4.97. The number of benzene rings is 1. The number of nitrogens with two attached hydrogens (primary N) is 2. The lowest BCUT2D eigenvalue weighted by molar-refractivity contribution is -0.149. The Balaban J connectivity index is 1.71. The number of esters is 1. The zero-order valence-corrected chi connectivity index (χ0v) is 20.5. The molecule has 184 valence electrons. The molecule has 0 spiro atoms. The van der Waals surface area contributed by atoms with Crippen LogP contribution in [-0.2, 0) is 28.8 Å². The zero-order valence-electron chi connectivity index (χ0n) is 20.5. The summed E-state index contributed by atoms with van der Waals surface area (Å²) in [5, 5.41) is 8.44. The predicted molar refractivity (Wildman–Crippen MR) is 132 cm³/mol. The lowest BCUT2D eigenvalue weighted by atomic mass is 9.76. The molecule has 1 saturated carbocycles. The van der Waals surface area contributed by atoms with Gasteiger partial charge in [0, 0.05) is 11.4 Å². The van der Waals surface area contributed by atoms with Crippen molar-refractivity contribution < 1.29 is 14.3 Å². The standard InChI is InChI=1S/C26H37N5O3/c1-4-19-17-11-12-26(2,3)14-22(17)31(30-19)16-9-10-18(25(28)33)21(13-16)29-20-7-5-6-8-23(20)34-24(32)15-27/h9-10,13,20,23,29H,4-8,11-12,14-15,27H2,1-3H3,(H2,28,33). The van der Waals surface area contributed by atoms with Crippen LogP contribution in [0.2, 0.25) is 0 Å². The first-order valence-corrected chi connectivity index (χ1v) is 12.4. The summed E-state index contributed by atoms with van der Waals surface area (Å²) < 4.78 is 7.64. The van der Waals surface area contributed by atoms with E-state index in [9.17, 15) is 9.59 Å². The smallest absolute Gasteiger partial charge is 0.320 e. The zero-order chi connectivity index (χ0) is 24.5. The fraction of sp³-hybridized carbons (Fsp3) is 0.577. The Morgan fingerprint density at radius 2 is 2.03 bits per heavy atom. The Morgan fingerprint density at radius 1 is 1.26 bits per heavy atom. The molecule has 0 radical (unpaired) electrons. The van der Waals surface area contributed by atoms with Gasteiger partial charge in [-0.25, -0.2) is 4.68 Å². The SMILES string of the molecule is CCc1nn(-c2ccc(C(N)=O)c(NC3CCCCC3OC(=O)CN)c2)c2c1CCC(C)(C)C2. The van der Waals surface area contributed by atoms with Gasteiger partial charge in [-0.05, 0) is 74.1 Å². The average molecular weight is 468 g/mol. The van der Waals surface area contributed by atoms with Gasteiger partial charge in [-0.1, -0.05) is 27.2 Å². The maximum Gasteiger partial charge on any atom is 0.320 e. The summed E-state index contributed by atoms with van der Waals surface area (Å²) in [6, 6.07) is 5.50. The summed E-state index contributed by atoms with van der Waals surface area (Å²) >= 11 is 0. The van der Waals surface area contributed by atoms with Crippen molar-refractivity contribution >= 4 is 17.6 Å². The number of carbonyl (C=O) groups is 2. The summed E-state index contributed by atoms with van der Waals surface area (Å²) in [5.74, 6) is -0.918. The fourth-order valence-electron chi connectivity index (χ4n) is 5.33. The highest BCUT2D eigenvalue weighted by Gasteiger charge is 2.32. The van der Waals surface area contributed by atoms with Crippen molar-refractivity contribution in [1.29, 1.82) is 0 Å². The van der Waals surface area contributed by atoms with Crippen LogP contribution in [-0.4, -0.2) is 40.3 Å². The molecule has 1 heterocycles. The second-order valence-electron chi connectivity index (χ2n) is 10.3. The first kappa shape index (κ1) is 24.3. The lowest BCUT2D eigenvalue weighted by Crippen LogP contribution is -2.41. The van der Waals surface area contributed by atoms with Gasteiger partial charge < -0.3 is 21.5 Å². The van der Waals surface area contributed by atoms with Crippen molar-refractivity contribution in [3.05, 3.63) is 40.7 Å². The van der Waals surface area contributed by atoms with E-state index >= 15 is 0 Å². The van der Waals surface area contributed by atoms with Crippen LogP contribution in [0.25, 0.3) is 5.69 Å². The van der Waals surface area contributed by atoms with E-state index < -0.39 is 11.9 Å². The van der Waals surface area contributed by atoms with E-state index in [2.05, 4.69) is 26.1 Å². The first-order chi connectivity index (χ1) is 16.2. The lowest BCUT2D eigenvalue weighted by Gasteiger charge is -2.33. The third-order valence-corrected chi connectivity index (χ3v) is 7.21. The number of rotatable bonds is 7. The number of anilines is 1. The highest BCUT2D eigenvalue weighted by Crippen LogP contribution is 2.38. The Bertz CT molecular complexity index is 1070. The van der Waals surface area contributed by atoms with E-state index in [1.54, 1.807) is 6.07 Å². The number of nitrogens with one attached hydrogen (secondary N) is 1. The van der Waals surface area contributed by atoms with Crippen LogP contribution < -0.4 is 16.8 Å². The summed E-state index contributed by atoms with van der Waals surface area (Å²) in [5.41, 5.74) is 17.1. The number of hydrogen-bond acceptors (Lipinski definition) is 6. The number of aromatic nitrogens is 2. The minimum Gasteiger partial charge on any atom is -0.459 e. The number of primary amides is 1. The van der Waals surface area contributed by atoms with Crippen molar-refractivity contribution in [2.45, 2.75) is 84.3 Å². The highest BCUT2D eigenvalue weighted by atomic mass is 16.5. The quantitative estimate of drug-likeness (QED) is 0.537. The van der Waals surface area contributed by atoms with Gasteiger partial charge in [0.2, 0.25) is 0 Å². The number of nitrogens with zero attached hydrogens (tertiary/aromatic N) is 2. The minimum atomic E-state index is -0.502. The van der Waals surface area contributed by atoms with E-state index in [-0.39, 0.29) is 24.1 Å². The summed E-state index contributed by atoms with van der Waals surface area (Å²) in [6.45, 7) is 6.59. The monoisotopic (exact) mass is 467 g/mol. The van der Waals surface area contributed by atoms with Crippen LogP contribution in [0.3, 0.4) is 0 Å². The van der Waals surface area contributed by atoms with Crippen LogP contribution in [0.1, 0.15) is 80.2 Å². The molecule has 2 unspecified atom stereocenters. The molecule has 2 aliphatic rings. The van der Waals surface area contributed by atoms with Crippen LogP contribution in [0.5, 0.6) is 0 Å². The van der Waals surface area contributed by atoms with E-state index in [1.807, 2.05) is 16.8 Å². The number of aryl methyl sites for hydroxylation is 1. The van der Waals surface area contributed by atoms with Crippen molar-refractivity contribution in [1.82, 2.24) is 9.78 Å². The Morgan fingerprint density at radius 3 is 2.74 bits per heavy atom. The molecule has 34 heavy (non-hydrogen) atoms. The van der Waals surface area contributed by atoms with Crippen LogP contribution in [0, 0.1) is 5.41 Å². The molecule has 0 aliphatic heterocycles. The first-order valence-electron chi connectivity index (χ1n) is 12.4. The van der Waals surface area contributed by atoms with Crippen molar-refractivity contribution in [2.24, 2.45) is 16.9 Å². The maximum absolute atomic E-state index is 12.2. The van der Waals surface area contributed by atoms with Crippen LogP contribution >= 0.6 is 0 Å². The third-order valence-electron chi connectivity index (χ3n) is 7.21. The van der Waals surface area contributed by atoms with E-state index in [1.165, 1.54) is 11.3 Å². The number of amides is 1. The number of fused-ring (bicyclic) bond motifs is 1. The molecule has 2 atom stereocenters. The molecule has 1 amide bonds. The second-order valence-corrected chi connectivity index (χ2v) is 10.3. The average Bonchev–Trinajstić information content (AvgIpc) is 3.16.